The largest absolute Gasteiger partial charge is 0.382 e. The number of hydrogen-bond acceptors (Lipinski definition) is 4. The lowest BCUT2D eigenvalue weighted by molar-refractivity contribution is 0.776. The summed E-state index contributed by atoms with van der Waals surface area (Å²) in [4.78, 5) is 4.34. The summed E-state index contributed by atoms with van der Waals surface area (Å²) < 4.78 is 1.61. The summed E-state index contributed by atoms with van der Waals surface area (Å²) in [5.74, 6) is 0.717. The molecule has 0 aliphatic carbocycles. The van der Waals surface area contributed by atoms with Gasteiger partial charge in [-0.15, -0.1) is 0 Å². The predicted octanol–water partition coefficient (Wildman–Crippen LogP) is 3.30. The van der Waals surface area contributed by atoms with Crippen molar-refractivity contribution >= 4 is 17.5 Å². The Morgan fingerprint density at radius 3 is 2.34 bits per heavy atom. The van der Waals surface area contributed by atoms with Gasteiger partial charge in [-0.25, -0.2) is 4.68 Å². The topological polar surface area (TPSA) is 118 Å². The van der Waals surface area contributed by atoms with Crippen molar-refractivity contribution in [2.45, 2.75) is 26.7 Å². The monoisotopic (exact) mass is 387 g/mol. The average Bonchev–Trinajstić information content (AvgIpc) is 3.03. The van der Waals surface area contributed by atoms with Crippen LogP contribution in [-0.2, 0) is 6.42 Å². The Morgan fingerprint density at radius 1 is 1.10 bits per heavy atom. The molecule has 3 rings (SSSR count). The van der Waals surface area contributed by atoms with E-state index in [1.807, 2.05) is 62.4 Å². The van der Waals surface area contributed by atoms with Gasteiger partial charge < -0.3 is 16.8 Å². The SMILES string of the molecule is Cc1ccc(NC(N)=NCCCc2nn(-c3ccc(C)cc3)c(N)c2C#N)cc1. The van der Waals surface area contributed by atoms with Gasteiger partial charge in [0, 0.05) is 12.2 Å². The predicted molar refractivity (Wildman–Crippen MR) is 117 cm³/mol. The van der Waals surface area contributed by atoms with E-state index in [4.69, 9.17) is 11.5 Å². The van der Waals surface area contributed by atoms with E-state index in [1.54, 1.807) is 4.68 Å². The average molecular weight is 387 g/mol. The summed E-state index contributed by atoms with van der Waals surface area (Å²) in [6, 6.07) is 17.9. The lowest BCUT2D eigenvalue weighted by Gasteiger charge is -2.05. The third-order valence-electron chi connectivity index (χ3n) is 4.56. The number of guanidine groups is 1. The molecule has 0 amide bonds. The zero-order valence-electron chi connectivity index (χ0n) is 16.7. The quantitative estimate of drug-likeness (QED) is 0.341. The Balaban J connectivity index is 1.63. The smallest absolute Gasteiger partial charge is 0.193 e. The Bertz CT molecular complexity index is 1040. The molecule has 0 saturated carbocycles. The second-order valence-electron chi connectivity index (χ2n) is 6.93. The second kappa shape index (κ2) is 8.93. The van der Waals surface area contributed by atoms with E-state index in [1.165, 1.54) is 5.56 Å². The molecule has 0 saturated heterocycles. The van der Waals surface area contributed by atoms with Gasteiger partial charge in [0.15, 0.2) is 5.96 Å². The van der Waals surface area contributed by atoms with Crippen LogP contribution >= 0.6 is 0 Å². The van der Waals surface area contributed by atoms with Crippen molar-refractivity contribution in [2.24, 2.45) is 10.7 Å². The Morgan fingerprint density at radius 2 is 1.72 bits per heavy atom. The fraction of sp³-hybridized carbons (Fsp3) is 0.227. The first-order valence-electron chi connectivity index (χ1n) is 9.46. The van der Waals surface area contributed by atoms with Crippen LogP contribution in [0, 0.1) is 25.2 Å². The van der Waals surface area contributed by atoms with Gasteiger partial charge in [-0.05, 0) is 51.0 Å². The zero-order chi connectivity index (χ0) is 20.8. The lowest BCUT2D eigenvalue weighted by Crippen LogP contribution is -2.22. The molecular formula is C22H25N7. The van der Waals surface area contributed by atoms with Crippen LogP contribution in [0.25, 0.3) is 5.69 Å². The number of nitrogen functional groups attached to an aromatic ring is 1. The van der Waals surface area contributed by atoms with Crippen molar-refractivity contribution in [1.29, 1.82) is 5.26 Å². The van der Waals surface area contributed by atoms with E-state index < -0.39 is 0 Å². The number of anilines is 2. The van der Waals surface area contributed by atoms with Gasteiger partial charge in [-0.3, -0.25) is 4.99 Å². The highest BCUT2D eigenvalue weighted by atomic mass is 15.3. The van der Waals surface area contributed by atoms with Crippen LogP contribution in [0.5, 0.6) is 0 Å². The molecule has 7 nitrogen and oxygen atoms in total. The van der Waals surface area contributed by atoms with Crippen LogP contribution in [0.3, 0.4) is 0 Å². The van der Waals surface area contributed by atoms with Crippen LogP contribution in [0.1, 0.15) is 28.8 Å². The third-order valence-corrected chi connectivity index (χ3v) is 4.56. The van der Waals surface area contributed by atoms with Gasteiger partial charge in [0.25, 0.3) is 0 Å². The number of aryl methyl sites for hydroxylation is 3. The number of aliphatic imine (C=N–C) groups is 1. The summed E-state index contributed by atoms with van der Waals surface area (Å²) >= 11 is 0. The van der Waals surface area contributed by atoms with Crippen molar-refractivity contribution in [2.75, 3.05) is 17.6 Å². The van der Waals surface area contributed by atoms with Gasteiger partial charge in [-0.1, -0.05) is 35.4 Å². The molecule has 148 valence electrons. The molecule has 0 unspecified atom stereocenters. The molecule has 1 aromatic heterocycles. The highest BCUT2D eigenvalue weighted by Crippen LogP contribution is 2.21. The molecule has 0 aliphatic heterocycles. The maximum Gasteiger partial charge on any atom is 0.193 e. The first-order chi connectivity index (χ1) is 14.0. The van der Waals surface area contributed by atoms with Crippen LogP contribution < -0.4 is 16.8 Å². The van der Waals surface area contributed by atoms with Gasteiger partial charge in [-0.2, -0.15) is 10.4 Å². The van der Waals surface area contributed by atoms with Crippen molar-refractivity contribution < 1.29 is 0 Å². The Labute approximate surface area is 170 Å². The normalized spacial score (nSPS) is 11.3. The molecule has 0 aliphatic rings. The van der Waals surface area contributed by atoms with Crippen LogP contribution in [-0.4, -0.2) is 22.3 Å². The summed E-state index contributed by atoms with van der Waals surface area (Å²) in [6.07, 6.45) is 1.29. The van der Waals surface area contributed by atoms with E-state index in [9.17, 15) is 5.26 Å². The Kier molecular flexibility index (Phi) is 6.15. The van der Waals surface area contributed by atoms with Gasteiger partial charge in [0.1, 0.15) is 17.5 Å². The number of hydrogen-bond donors (Lipinski definition) is 3. The molecule has 1 heterocycles. The molecule has 7 heteroatoms. The van der Waals surface area contributed by atoms with E-state index in [0.29, 0.717) is 42.4 Å². The van der Waals surface area contributed by atoms with E-state index in [0.717, 1.165) is 16.9 Å². The van der Waals surface area contributed by atoms with Crippen LogP contribution in [0.4, 0.5) is 11.5 Å². The van der Waals surface area contributed by atoms with Crippen molar-refractivity contribution in [3.8, 4) is 11.8 Å². The number of aromatic nitrogens is 2. The minimum Gasteiger partial charge on any atom is -0.382 e. The molecule has 0 spiro atoms. The van der Waals surface area contributed by atoms with Crippen molar-refractivity contribution in [3.63, 3.8) is 0 Å². The first kappa shape index (κ1) is 20.0. The number of rotatable bonds is 6. The fourth-order valence-corrected chi connectivity index (χ4v) is 2.93. The minimum absolute atomic E-state index is 0.357. The third kappa shape index (κ3) is 4.93. The van der Waals surface area contributed by atoms with Gasteiger partial charge >= 0.3 is 0 Å². The van der Waals surface area contributed by atoms with E-state index in [-0.39, 0.29) is 0 Å². The summed E-state index contributed by atoms with van der Waals surface area (Å²) in [5, 5.41) is 17.1. The summed E-state index contributed by atoms with van der Waals surface area (Å²) in [7, 11) is 0. The van der Waals surface area contributed by atoms with Crippen molar-refractivity contribution in [1.82, 2.24) is 9.78 Å². The van der Waals surface area contributed by atoms with Gasteiger partial charge in [0.05, 0.1) is 11.4 Å². The van der Waals surface area contributed by atoms with Crippen LogP contribution in [0.15, 0.2) is 53.5 Å². The number of nitrogens with zero attached hydrogens (tertiary/aromatic N) is 4. The summed E-state index contributed by atoms with van der Waals surface area (Å²) in [5.41, 5.74) is 17.2. The van der Waals surface area contributed by atoms with E-state index in [2.05, 4.69) is 21.5 Å². The first-order valence-corrected chi connectivity index (χ1v) is 9.46. The standard InChI is InChI=1S/C22H25N7/c1-15-5-9-17(10-6-15)27-22(25)26-13-3-4-20-19(14-23)21(24)29(28-20)18-11-7-16(2)8-12-18/h5-12H,3-4,13,24H2,1-2H3,(H3,25,26,27). The summed E-state index contributed by atoms with van der Waals surface area (Å²) in [6.45, 7) is 4.57. The number of nitrogens with two attached hydrogens (primary N) is 2. The molecule has 29 heavy (non-hydrogen) atoms. The number of nitrogens with one attached hydrogen (secondary N) is 1. The van der Waals surface area contributed by atoms with Crippen LogP contribution in [0.2, 0.25) is 0 Å². The maximum atomic E-state index is 9.49. The number of benzene rings is 2. The second-order valence-corrected chi connectivity index (χ2v) is 6.93. The molecule has 0 fully saturated rings. The molecule has 0 atom stereocenters. The molecule has 5 N–H and O–H groups in total. The molecule has 3 aromatic rings. The molecule has 0 radical (unpaired) electrons. The van der Waals surface area contributed by atoms with Crippen molar-refractivity contribution in [3.05, 3.63) is 70.9 Å². The molecule has 0 bridgehead atoms. The highest BCUT2D eigenvalue weighted by Gasteiger charge is 2.16. The number of nitriles is 1. The zero-order valence-corrected chi connectivity index (χ0v) is 16.7. The fourth-order valence-electron chi connectivity index (χ4n) is 2.93. The molecule has 2 aromatic carbocycles. The lowest BCUT2D eigenvalue weighted by atomic mass is 10.1. The Hall–Kier alpha value is -3.79. The van der Waals surface area contributed by atoms with Gasteiger partial charge in [0.2, 0.25) is 0 Å². The molecular weight excluding hydrogens is 362 g/mol. The van der Waals surface area contributed by atoms with E-state index >= 15 is 0 Å². The highest BCUT2D eigenvalue weighted by molar-refractivity contribution is 5.92. The maximum absolute atomic E-state index is 9.49. The minimum atomic E-state index is 0.357.